The molecule has 1 heterocycles. The van der Waals surface area contributed by atoms with E-state index in [0.717, 1.165) is 17.9 Å². The molecule has 1 aromatic heterocycles. The smallest absolute Gasteiger partial charge is 0.193 e. The highest BCUT2D eigenvalue weighted by Gasteiger charge is 1.99. The Hall–Kier alpha value is -1.57. The topological polar surface area (TPSA) is 68.2 Å². The fraction of sp³-hybridized carbons (Fsp3) is 0.286. The number of nitrogens with one attached hydrogen (secondary N) is 1. The van der Waals surface area contributed by atoms with Crippen LogP contribution in [0.5, 0.6) is 0 Å². The van der Waals surface area contributed by atoms with Crippen LogP contribution < -0.4 is 11.1 Å². The summed E-state index contributed by atoms with van der Waals surface area (Å²) in [6, 6.07) is 8.16. The number of benzene rings is 1. The molecule has 5 nitrogen and oxygen atoms in total. The SMILES string of the molecule is CCc1ccc(NC(N)=NCc2nccn2C)cc1.I. The van der Waals surface area contributed by atoms with Crippen LogP contribution in [-0.2, 0) is 20.0 Å². The van der Waals surface area contributed by atoms with Gasteiger partial charge in [-0.2, -0.15) is 0 Å². The Morgan fingerprint density at radius 3 is 2.60 bits per heavy atom. The minimum absolute atomic E-state index is 0. The van der Waals surface area contributed by atoms with E-state index in [2.05, 4.69) is 34.3 Å². The molecule has 0 atom stereocenters. The summed E-state index contributed by atoms with van der Waals surface area (Å²) in [6.07, 6.45) is 4.67. The summed E-state index contributed by atoms with van der Waals surface area (Å²) < 4.78 is 1.92. The summed E-state index contributed by atoms with van der Waals surface area (Å²) >= 11 is 0. The van der Waals surface area contributed by atoms with Gasteiger partial charge in [0.05, 0.1) is 0 Å². The molecule has 6 heteroatoms. The maximum Gasteiger partial charge on any atom is 0.193 e. The molecule has 0 radical (unpaired) electrons. The first-order chi connectivity index (χ1) is 9.19. The number of hydrogen-bond acceptors (Lipinski definition) is 2. The largest absolute Gasteiger partial charge is 0.370 e. The van der Waals surface area contributed by atoms with Crippen molar-refractivity contribution < 1.29 is 0 Å². The highest BCUT2D eigenvalue weighted by molar-refractivity contribution is 14.0. The first kappa shape index (κ1) is 16.5. The van der Waals surface area contributed by atoms with Crippen molar-refractivity contribution >= 4 is 35.6 Å². The number of nitrogens with two attached hydrogens (primary N) is 1. The van der Waals surface area contributed by atoms with Gasteiger partial charge in [-0.25, -0.2) is 9.98 Å². The lowest BCUT2D eigenvalue weighted by atomic mass is 10.1. The van der Waals surface area contributed by atoms with Crippen LogP contribution >= 0.6 is 24.0 Å². The molecule has 20 heavy (non-hydrogen) atoms. The molecule has 0 fully saturated rings. The number of aryl methyl sites for hydroxylation is 2. The van der Waals surface area contributed by atoms with Crippen molar-refractivity contribution in [2.24, 2.45) is 17.8 Å². The summed E-state index contributed by atoms with van der Waals surface area (Å²) in [5.74, 6) is 1.28. The van der Waals surface area contributed by atoms with Crippen molar-refractivity contribution in [3.8, 4) is 0 Å². The van der Waals surface area contributed by atoms with Crippen LogP contribution in [-0.4, -0.2) is 15.5 Å². The number of rotatable bonds is 4. The van der Waals surface area contributed by atoms with E-state index < -0.39 is 0 Å². The quantitative estimate of drug-likeness (QED) is 0.483. The van der Waals surface area contributed by atoms with Gasteiger partial charge < -0.3 is 15.6 Å². The molecule has 0 bridgehead atoms. The molecule has 1 aromatic carbocycles. The van der Waals surface area contributed by atoms with E-state index in [4.69, 9.17) is 5.73 Å². The maximum atomic E-state index is 5.84. The Morgan fingerprint density at radius 1 is 1.35 bits per heavy atom. The van der Waals surface area contributed by atoms with Crippen molar-refractivity contribution in [3.05, 3.63) is 48.0 Å². The first-order valence-electron chi connectivity index (χ1n) is 6.31. The van der Waals surface area contributed by atoms with Crippen LogP contribution in [0.15, 0.2) is 41.7 Å². The third-order valence-corrected chi connectivity index (χ3v) is 2.95. The summed E-state index contributed by atoms with van der Waals surface area (Å²) in [5.41, 5.74) is 8.09. The minimum Gasteiger partial charge on any atom is -0.370 e. The van der Waals surface area contributed by atoms with Crippen LogP contribution in [0.1, 0.15) is 18.3 Å². The molecule has 2 aromatic rings. The maximum absolute atomic E-state index is 5.84. The molecule has 0 spiro atoms. The van der Waals surface area contributed by atoms with Gasteiger partial charge in [-0.15, -0.1) is 24.0 Å². The molecule has 2 rings (SSSR count). The lowest BCUT2D eigenvalue weighted by Crippen LogP contribution is -2.22. The second-order valence-electron chi connectivity index (χ2n) is 4.33. The van der Waals surface area contributed by atoms with Gasteiger partial charge in [-0.3, -0.25) is 0 Å². The Labute approximate surface area is 136 Å². The molecule has 108 valence electrons. The van der Waals surface area contributed by atoms with E-state index in [9.17, 15) is 0 Å². The average molecular weight is 385 g/mol. The van der Waals surface area contributed by atoms with Gasteiger partial charge in [0.15, 0.2) is 5.96 Å². The van der Waals surface area contributed by atoms with Gasteiger partial charge >= 0.3 is 0 Å². The minimum atomic E-state index is 0. The number of halogens is 1. The molecule has 0 amide bonds. The summed E-state index contributed by atoms with van der Waals surface area (Å²) in [7, 11) is 1.94. The van der Waals surface area contributed by atoms with Crippen molar-refractivity contribution in [1.82, 2.24) is 9.55 Å². The normalized spacial score (nSPS) is 11.0. The van der Waals surface area contributed by atoms with Crippen molar-refractivity contribution in [2.45, 2.75) is 19.9 Å². The fourth-order valence-electron chi connectivity index (χ4n) is 1.72. The van der Waals surface area contributed by atoms with Gasteiger partial charge in [0.25, 0.3) is 0 Å². The van der Waals surface area contributed by atoms with E-state index in [0.29, 0.717) is 12.5 Å². The van der Waals surface area contributed by atoms with Gasteiger partial charge in [-0.05, 0) is 24.1 Å². The fourth-order valence-corrected chi connectivity index (χ4v) is 1.72. The average Bonchev–Trinajstić information content (AvgIpc) is 2.83. The van der Waals surface area contributed by atoms with Crippen LogP contribution in [0.2, 0.25) is 0 Å². The molecule has 3 N–H and O–H groups in total. The number of aromatic nitrogens is 2. The van der Waals surface area contributed by atoms with E-state index in [1.807, 2.05) is 29.9 Å². The van der Waals surface area contributed by atoms with E-state index >= 15 is 0 Å². The van der Waals surface area contributed by atoms with Crippen molar-refractivity contribution in [2.75, 3.05) is 5.32 Å². The van der Waals surface area contributed by atoms with Crippen LogP contribution in [0.3, 0.4) is 0 Å². The van der Waals surface area contributed by atoms with Gasteiger partial charge in [-0.1, -0.05) is 19.1 Å². The predicted octanol–water partition coefficient (Wildman–Crippen LogP) is 2.53. The lowest BCUT2D eigenvalue weighted by Gasteiger charge is -2.06. The molecule has 0 aliphatic carbocycles. The zero-order chi connectivity index (χ0) is 13.7. The summed E-state index contributed by atoms with van der Waals surface area (Å²) in [5, 5.41) is 3.07. The number of anilines is 1. The van der Waals surface area contributed by atoms with Crippen molar-refractivity contribution in [3.63, 3.8) is 0 Å². The second-order valence-corrected chi connectivity index (χ2v) is 4.33. The highest BCUT2D eigenvalue weighted by atomic mass is 127. The molecule has 0 saturated heterocycles. The standard InChI is InChI=1S/C14H19N5.HI/c1-3-11-4-6-12(7-5-11)18-14(15)17-10-13-16-8-9-19(13)2;/h4-9H,3,10H2,1-2H3,(H3,15,17,18);1H. The Bertz CT molecular complexity index is 559. The third kappa shape index (κ3) is 4.52. The first-order valence-corrected chi connectivity index (χ1v) is 6.31. The Morgan fingerprint density at radius 2 is 2.05 bits per heavy atom. The van der Waals surface area contributed by atoms with Gasteiger partial charge in [0, 0.05) is 25.1 Å². The molecular formula is C14H20IN5. The van der Waals surface area contributed by atoms with Crippen LogP contribution in [0.25, 0.3) is 0 Å². The Kier molecular flexibility index (Phi) is 6.50. The monoisotopic (exact) mass is 385 g/mol. The predicted molar refractivity (Wildman–Crippen MR) is 93.4 cm³/mol. The number of imidazole rings is 1. The number of guanidine groups is 1. The summed E-state index contributed by atoms with van der Waals surface area (Å²) in [4.78, 5) is 8.46. The molecule has 0 unspecified atom stereocenters. The number of nitrogens with zero attached hydrogens (tertiary/aromatic N) is 3. The van der Waals surface area contributed by atoms with E-state index in [1.165, 1.54) is 5.56 Å². The molecular weight excluding hydrogens is 365 g/mol. The molecule has 0 aliphatic heterocycles. The summed E-state index contributed by atoms with van der Waals surface area (Å²) in [6.45, 7) is 2.60. The van der Waals surface area contributed by atoms with Gasteiger partial charge in [0.2, 0.25) is 0 Å². The van der Waals surface area contributed by atoms with Crippen LogP contribution in [0.4, 0.5) is 5.69 Å². The van der Waals surface area contributed by atoms with Crippen molar-refractivity contribution in [1.29, 1.82) is 0 Å². The van der Waals surface area contributed by atoms with Crippen LogP contribution in [0, 0.1) is 0 Å². The third-order valence-electron chi connectivity index (χ3n) is 2.95. The second kappa shape index (κ2) is 7.88. The van der Waals surface area contributed by atoms with Gasteiger partial charge in [0.1, 0.15) is 12.4 Å². The highest BCUT2D eigenvalue weighted by Crippen LogP contribution is 2.09. The lowest BCUT2D eigenvalue weighted by molar-refractivity contribution is 0.793. The van der Waals surface area contributed by atoms with E-state index in [-0.39, 0.29) is 24.0 Å². The molecule has 0 aliphatic rings. The van der Waals surface area contributed by atoms with E-state index in [1.54, 1.807) is 6.20 Å². The molecule has 0 saturated carbocycles. The number of aliphatic imine (C=N–C) groups is 1. The number of hydrogen-bond donors (Lipinski definition) is 2. The zero-order valence-corrected chi connectivity index (χ0v) is 14.0. The Balaban J connectivity index is 0.00000200. The zero-order valence-electron chi connectivity index (χ0n) is 11.7.